The van der Waals surface area contributed by atoms with Gasteiger partial charge in [-0.3, -0.25) is 4.79 Å². The zero-order valence-electron chi connectivity index (χ0n) is 11.5. The summed E-state index contributed by atoms with van der Waals surface area (Å²) < 4.78 is 0. The van der Waals surface area contributed by atoms with Crippen molar-refractivity contribution >= 4 is 27.8 Å². The highest BCUT2D eigenvalue weighted by Crippen LogP contribution is 2.51. The van der Waals surface area contributed by atoms with Gasteiger partial charge in [0.25, 0.3) is 0 Å². The van der Waals surface area contributed by atoms with Crippen molar-refractivity contribution in [3.63, 3.8) is 0 Å². The van der Waals surface area contributed by atoms with E-state index in [4.69, 9.17) is 5.11 Å². The van der Waals surface area contributed by atoms with Crippen molar-refractivity contribution in [1.29, 1.82) is 0 Å². The summed E-state index contributed by atoms with van der Waals surface area (Å²) in [4.78, 5) is 22.9. The molecular weight excluding hydrogens is 310 g/mol. The number of allylic oxidation sites excluding steroid dienone is 1. The summed E-state index contributed by atoms with van der Waals surface area (Å²) in [7, 11) is 0. The van der Waals surface area contributed by atoms with Crippen molar-refractivity contribution < 1.29 is 14.7 Å². The maximum Gasteiger partial charge on any atom is 0.352 e. The molecule has 5 heteroatoms. The fraction of sp³-hybridized carbons (Fsp3) is 0.714. The summed E-state index contributed by atoms with van der Waals surface area (Å²) >= 11 is 3.35. The van der Waals surface area contributed by atoms with E-state index in [-0.39, 0.29) is 22.9 Å². The van der Waals surface area contributed by atoms with Crippen molar-refractivity contribution in [2.75, 3.05) is 5.33 Å². The Balaban J connectivity index is 2.42. The second-order valence-corrected chi connectivity index (χ2v) is 6.49. The summed E-state index contributed by atoms with van der Waals surface area (Å²) in [6, 6.07) is 0. The minimum atomic E-state index is -1.06. The molecule has 108 valence electrons. The van der Waals surface area contributed by atoms with E-state index < -0.39 is 5.97 Å². The van der Waals surface area contributed by atoms with Gasteiger partial charge in [-0.2, -0.15) is 0 Å². The molecule has 0 bridgehead atoms. The van der Waals surface area contributed by atoms with Crippen LogP contribution in [0.2, 0.25) is 0 Å². The molecule has 4 nitrogen and oxygen atoms in total. The fourth-order valence-electron chi connectivity index (χ4n) is 1.99. The molecule has 1 aliphatic rings. The molecule has 1 saturated carbocycles. The van der Waals surface area contributed by atoms with E-state index in [2.05, 4.69) is 21.2 Å². The zero-order chi connectivity index (χ0) is 14.5. The van der Waals surface area contributed by atoms with Crippen LogP contribution in [0.15, 0.2) is 11.8 Å². The Morgan fingerprint density at radius 1 is 1.37 bits per heavy atom. The number of nitrogens with one attached hydrogen (secondary N) is 1. The Bertz CT molecular complexity index is 377. The Labute approximate surface area is 122 Å². The second kappa shape index (κ2) is 7.08. The highest BCUT2D eigenvalue weighted by atomic mass is 79.9. The number of hydrogen-bond donors (Lipinski definition) is 2. The van der Waals surface area contributed by atoms with Crippen LogP contribution in [-0.4, -0.2) is 22.3 Å². The molecule has 0 aromatic rings. The Morgan fingerprint density at radius 3 is 2.47 bits per heavy atom. The summed E-state index contributed by atoms with van der Waals surface area (Å²) in [5.74, 6) is -1.28. The minimum absolute atomic E-state index is 0.0174. The number of halogens is 1. The molecule has 19 heavy (non-hydrogen) atoms. The molecule has 0 heterocycles. The van der Waals surface area contributed by atoms with Gasteiger partial charge in [0.2, 0.25) is 5.91 Å². The van der Waals surface area contributed by atoms with Crippen molar-refractivity contribution in [2.45, 2.75) is 46.0 Å². The molecule has 0 aromatic heterocycles. The summed E-state index contributed by atoms with van der Waals surface area (Å²) in [6.07, 6.45) is 6.20. The maximum absolute atomic E-state index is 11.8. The third-order valence-corrected chi connectivity index (χ3v) is 4.07. The standard InChI is InChI=1S/C14H22BrNO3/c1-14(2)9-10(14)12(17)16-11(13(18)19)7-5-3-4-6-8-15/h7,10H,3-6,8-9H2,1-2H3,(H,16,17)(H,18,19)/b11-7-. The van der Waals surface area contributed by atoms with Gasteiger partial charge >= 0.3 is 5.97 Å². The van der Waals surface area contributed by atoms with Gasteiger partial charge in [0.15, 0.2) is 0 Å². The number of carboxylic acid groups (broad SMARTS) is 1. The maximum atomic E-state index is 11.8. The van der Waals surface area contributed by atoms with E-state index in [0.717, 1.165) is 31.0 Å². The Hall–Kier alpha value is -0.840. The number of amides is 1. The van der Waals surface area contributed by atoms with Crippen LogP contribution < -0.4 is 5.32 Å². The van der Waals surface area contributed by atoms with Crippen molar-refractivity contribution in [1.82, 2.24) is 5.32 Å². The smallest absolute Gasteiger partial charge is 0.352 e. The molecule has 0 saturated heterocycles. The number of hydrogen-bond acceptors (Lipinski definition) is 2. The number of rotatable bonds is 8. The predicted octanol–water partition coefficient (Wildman–Crippen LogP) is 3.07. The van der Waals surface area contributed by atoms with Crippen LogP contribution in [0.4, 0.5) is 0 Å². The average molecular weight is 332 g/mol. The lowest BCUT2D eigenvalue weighted by Gasteiger charge is -2.07. The van der Waals surface area contributed by atoms with Gasteiger partial charge in [0.1, 0.15) is 5.70 Å². The van der Waals surface area contributed by atoms with E-state index in [1.165, 1.54) is 0 Å². The number of carboxylic acids is 1. The molecule has 1 rings (SSSR count). The normalized spacial score (nSPS) is 21.0. The third-order valence-electron chi connectivity index (χ3n) is 3.50. The fourth-order valence-corrected chi connectivity index (χ4v) is 2.38. The Morgan fingerprint density at radius 2 is 2.00 bits per heavy atom. The van der Waals surface area contributed by atoms with Crippen molar-refractivity contribution in [3.05, 3.63) is 11.8 Å². The summed E-state index contributed by atoms with van der Waals surface area (Å²) in [5, 5.41) is 12.6. The molecule has 1 fully saturated rings. The van der Waals surface area contributed by atoms with Crippen molar-refractivity contribution in [2.24, 2.45) is 11.3 Å². The molecule has 1 unspecified atom stereocenters. The Kier molecular flexibility index (Phi) is 6.04. The van der Waals surface area contributed by atoms with Crippen LogP contribution in [0.25, 0.3) is 0 Å². The summed E-state index contributed by atoms with van der Waals surface area (Å²) in [6.45, 7) is 4.03. The van der Waals surface area contributed by atoms with E-state index in [9.17, 15) is 9.59 Å². The first kappa shape index (κ1) is 16.2. The number of unbranched alkanes of at least 4 members (excludes halogenated alkanes) is 3. The molecule has 1 amide bonds. The first-order valence-electron chi connectivity index (χ1n) is 6.69. The molecule has 0 aliphatic heterocycles. The van der Waals surface area contributed by atoms with Crippen molar-refractivity contribution in [3.8, 4) is 0 Å². The minimum Gasteiger partial charge on any atom is -0.477 e. The van der Waals surface area contributed by atoms with Gasteiger partial charge in [0.05, 0.1) is 0 Å². The SMILES string of the molecule is CC1(C)CC1C(=O)N/C(=C\CCCCCBr)C(=O)O. The van der Waals surface area contributed by atoms with Gasteiger partial charge in [-0.1, -0.05) is 42.3 Å². The quantitative estimate of drug-likeness (QED) is 0.408. The lowest BCUT2D eigenvalue weighted by molar-refractivity contribution is -0.135. The van der Waals surface area contributed by atoms with Crippen LogP contribution in [-0.2, 0) is 9.59 Å². The molecular formula is C14H22BrNO3. The van der Waals surface area contributed by atoms with E-state index in [1.54, 1.807) is 6.08 Å². The van der Waals surface area contributed by atoms with Gasteiger partial charge in [-0.15, -0.1) is 0 Å². The lowest BCUT2D eigenvalue weighted by Crippen LogP contribution is -2.29. The monoisotopic (exact) mass is 331 g/mol. The van der Waals surface area contributed by atoms with E-state index in [0.29, 0.717) is 6.42 Å². The topological polar surface area (TPSA) is 66.4 Å². The highest BCUT2D eigenvalue weighted by Gasteiger charge is 2.50. The van der Waals surface area contributed by atoms with Crippen LogP contribution in [0.1, 0.15) is 46.0 Å². The molecule has 0 spiro atoms. The van der Waals surface area contributed by atoms with Crippen LogP contribution in [0.3, 0.4) is 0 Å². The van der Waals surface area contributed by atoms with Gasteiger partial charge < -0.3 is 10.4 Å². The molecule has 1 aliphatic carbocycles. The zero-order valence-corrected chi connectivity index (χ0v) is 13.1. The van der Waals surface area contributed by atoms with Gasteiger partial charge in [0, 0.05) is 11.2 Å². The second-order valence-electron chi connectivity index (χ2n) is 5.70. The van der Waals surface area contributed by atoms with E-state index in [1.807, 2.05) is 13.8 Å². The molecule has 0 radical (unpaired) electrons. The van der Waals surface area contributed by atoms with Crippen LogP contribution in [0, 0.1) is 11.3 Å². The predicted molar refractivity (Wildman–Crippen MR) is 78.0 cm³/mol. The lowest BCUT2D eigenvalue weighted by atomic mass is 10.1. The number of carbonyl (C=O) groups excluding carboxylic acids is 1. The average Bonchev–Trinajstić information content (AvgIpc) is 2.96. The number of aliphatic carboxylic acids is 1. The molecule has 2 N–H and O–H groups in total. The largest absolute Gasteiger partial charge is 0.477 e. The van der Waals surface area contributed by atoms with Gasteiger partial charge in [-0.05, 0) is 31.1 Å². The van der Waals surface area contributed by atoms with Gasteiger partial charge in [-0.25, -0.2) is 4.79 Å². The van der Waals surface area contributed by atoms with Crippen LogP contribution >= 0.6 is 15.9 Å². The number of alkyl halides is 1. The molecule has 1 atom stereocenters. The first-order chi connectivity index (χ1) is 8.88. The molecule has 0 aromatic carbocycles. The summed E-state index contributed by atoms with van der Waals surface area (Å²) in [5.41, 5.74) is 0.0374. The van der Waals surface area contributed by atoms with E-state index >= 15 is 0 Å². The van der Waals surface area contributed by atoms with Crippen LogP contribution in [0.5, 0.6) is 0 Å². The number of carbonyl (C=O) groups is 2. The highest BCUT2D eigenvalue weighted by molar-refractivity contribution is 9.09. The first-order valence-corrected chi connectivity index (χ1v) is 7.81. The third kappa shape index (κ3) is 5.35.